The second-order valence-corrected chi connectivity index (χ2v) is 9.69. The number of aromatic nitrogens is 4. The van der Waals surface area contributed by atoms with Gasteiger partial charge in [-0.1, -0.05) is 31.7 Å². The number of ether oxygens (including phenoxy) is 1. The van der Waals surface area contributed by atoms with Crippen LogP contribution < -0.4 is 20.3 Å². The molecule has 2 aromatic heterocycles. The molecule has 1 aromatic carbocycles. The van der Waals surface area contributed by atoms with E-state index < -0.39 is 5.92 Å². The highest BCUT2D eigenvalue weighted by Crippen LogP contribution is 2.28. The van der Waals surface area contributed by atoms with Crippen LogP contribution in [0.15, 0.2) is 35.6 Å². The smallest absolute Gasteiger partial charge is 0.227 e. The average molecular weight is 512 g/mol. The lowest BCUT2D eigenvalue weighted by Gasteiger charge is -2.17. The third-order valence-electron chi connectivity index (χ3n) is 5.94. The molecule has 192 valence electrons. The molecular weight excluding hydrogens is 478 g/mol. The Balaban J connectivity index is 1.39. The molecule has 2 N–H and O–H groups in total. The number of fused-ring (bicyclic) bond motifs is 1. The first kappa shape index (κ1) is 25.7. The van der Waals surface area contributed by atoms with E-state index in [0.29, 0.717) is 25.4 Å². The third kappa shape index (κ3) is 5.89. The van der Waals surface area contributed by atoms with Crippen molar-refractivity contribution in [2.45, 2.75) is 44.8 Å². The van der Waals surface area contributed by atoms with Crippen molar-refractivity contribution in [1.29, 1.82) is 0 Å². The Labute approximate surface area is 215 Å². The van der Waals surface area contributed by atoms with Crippen LogP contribution in [0.1, 0.15) is 33.1 Å². The summed E-state index contributed by atoms with van der Waals surface area (Å²) in [5.74, 6) is 1.80. The van der Waals surface area contributed by atoms with Gasteiger partial charge in [0.05, 0.1) is 31.2 Å². The van der Waals surface area contributed by atoms with E-state index in [-0.39, 0.29) is 18.2 Å². The highest BCUT2D eigenvalue weighted by molar-refractivity contribution is 7.99. The minimum Gasteiger partial charge on any atom is -0.497 e. The number of anilines is 2. The van der Waals surface area contributed by atoms with Crippen molar-refractivity contribution in [2.24, 2.45) is 5.92 Å². The van der Waals surface area contributed by atoms with E-state index in [1.54, 1.807) is 40.7 Å². The molecule has 1 aliphatic heterocycles. The quantitative estimate of drug-likeness (QED) is 0.281. The first-order valence-corrected chi connectivity index (χ1v) is 13.3. The van der Waals surface area contributed by atoms with E-state index in [0.717, 1.165) is 52.8 Å². The van der Waals surface area contributed by atoms with E-state index >= 15 is 0 Å². The van der Waals surface area contributed by atoms with Gasteiger partial charge in [0.25, 0.3) is 0 Å². The van der Waals surface area contributed by atoms with Crippen LogP contribution in [0.3, 0.4) is 0 Å². The molecule has 0 saturated carbocycles. The largest absolute Gasteiger partial charge is 0.497 e. The molecule has 1 fully saturated rings. The number of amides is 2. The van der Waals surface area contributed by atoms with Crippen LogP contribution in [0, 0.1) is 5.92 Å². The van der Waals surface area contributed by atoms with E-state index in [1.165, 1.54) is 0 Å². The van der Waals surface area contributed by atoms with Gasteiger partial charge in [-0.2, -0.15) is 5.10 Å². The summed E-state index contributed by atoms with van der Waals surface area (Å²) in [6, 6.07) is 7.32. The van der Waals surface area contributed by atoms with E-state index in [1.807, 2.05) is 18.2 Å². The Bertz CT molecular complexity index is 1220. The molecule has 3 heterocycles. The molecule has 0 bridgehead atoms. The topological polar surface area (TPSA) is 114 Å². The van der Waals surface area contributed by atoms with Crippen LogP contribution in [0.2, 0.25) is 0 Å². The summed E-state index contributed by atoms with van der Waals surface area (Å²) in [6.45, 7) is 6.26. The van der Waals surface area contributed by atoms with Crippen LogP contribution in [0.25, 0.3) is 11.0 Å². The zero-order valence-electron chi connectivity index (χ0n) is 21.0. The maximum Gasteiger partial charge on any atom is 0.227 e. The molecule has 0 radical (unpaired) electrons. The molecule has 0 aliphatic carbocycles. The Morgan fingerprint density at radius 2 is 2.08 bits per heavy atom. The number of hydrogen-bond donors (Lipinski definition) is 2. The molecule has 1 saturated heterocycles. The molecule has 11 heteroatoms. The molecule has 3 aromatic rings. The van der Waals surface area contributed by atoms with Crippen LogP contribution in [-0.4, -0.2) is 64.1 Å². The molecule has 2 amide bonds. The van der Waals surface area contributed by atoms with Crippen LogP contribution in [0.4, 0.5) is 11.5 Å². The first-order chi connectivity index (χ1) is 17.5. The van der Waals surface area contributed by atoms with Gasteiger partial charge in [-0.25, -0.2) is 14.6 Å². The zero-order valence-corrected chi connectivity index (χ0v) is 21.8. The standard InChI is InChI=1S/C25H33N7O3S/c1-4-9-26-22-20-15-28-32(23(20)30-25(29-22)36-12-5-2)11-10-27-24(34)17-13-21(33)31(16-17)18-7-6-8-19(14-18)35-3/h6-8,14-15,17H,4-5,9-13,16H2,1-3H3,(H,27,34)(H,26,29,30). The first-order valence-electron chi connectivity index (χ1n) is 12.4. The average Bonchev–Trinajstić information content (AvgIpc) is 3.49. The molecule has 1 atom stereocenters. The fraction of sp³-hybridized carbons (Fsp3) is 0.480. The van der Waals surface area contributed by atoms with Crippen LogP contribution in [0.5, 0.6) is 5.75 Å². The monoisotopic (exact) mass is 511 g/mol. The van der Waals surface area contributed by atoms with Crippen molar-refractivity contribution in [3.05, 3.63) is 30.5 Å². The minimum absolute atomic E-state index is 0.0672. The van der Waals surface area contributed by atoms with Crippen LogP contribution >= 0.6 is 11.8 Å². The molecular formula is C25H33N7O3S. The fourth-order valence-electron chi connectivity index (χ4n) is 4.08. The fourth-order valence-corrected chi connectivity index (χ4v) is 4.77. The van der Waals surface area contributed by atoms with Crippen molar-refractivity contribution < 1.29 is 14.3 Å². The van der Waals surface area contributed by atoms with E-state index in [4.69, 9.17) is 9.72 Å². The number of rotatable bonds is 12. The highest BCUT2D eigenvalue weighted by atomic mass is 32.2. The maximum atomic E-state index is 12.8. The van der Waals surface area contributed by atoms with E-state index in [2.05, 4.69) is 34.6 Å². The minimum atomic E-state index is -0.401. The Hall–Kier alpha value is -3.34. The summed E-state index contributed by atoms with van der Waals surface area (Å²) in [5.41, 5.74) is 1.48. The molecule has 10 nitrogen and oxygen atoms in total. The number of nitrogens with one attached hydrogen (secondary N) is 2. The lowest BCUT2D eigenvalue weighted by atomic mass is 10.1. The second-order valence-electron chi connectivity index (χ2n) is 8.63. The highest BCUT2D eigenvalue weighted by Gasteiger charge is 2.35. The Morgan fingerprint density at radius 1 is 1.22 bits per heavy atom. The molecule has 36 heavy (non-hydrogen) atoms. The van der Waals surface area contributed by atoms with Crippen molar-refractivity contribution in [3.8, 4) is 5.75 Å². The lowest BCUT2D eigenvalue weighted by molar-refractivity contribution is -0.126. The van der Waals surface area contributed by atoms with Gasteiger partial charge in [0.1, 0.15) is 11.6 Å². The Kier molecular flexibility index (Phi) is 8.63. The van der Waals surface area contributed by atoms with Gasteiger partial charge in [-0.3, -0.25) is 9.59 Å². The summed E-state index contributed by atoms with van der Waals surface area (Å²) in [6.07, 6.45) is 3.98. The number of carbonyl (C=O) groups excluding carboxylic acids is 2. The summed E-state index contributed by atoms with van der Waals surface area (Å²) < 4.78 is 7.05. The predicted octanol–water partition coefficient (Wildman–Crippen LogP) is 3.33. The SMILES string of the molecule is CCCNc1nc(SCCC)nc2c1cnn2CCNC(=O)C1CC(=O)N(c2cccc(OC)c2)C1. The molecule has 1 aliphatic rings. The summed E-state index contributed by atoms with van der Waals surface area (Å²) in [5, 5.41) is 12.4. The number of methoxy groups -OCH3 is 1. The number of carbonyl (C=O) groups is 2. The van der Waals surface area contributed by atoms with Crippen molar-refractivity contribution in [1.82, 2.24) is 25.1 Å². The summed E-state index contributed by atoms with van der Waals surface area (Å²) in [4.78, 5) is 36.5. The summed E-state index contributed by atoms with van der Waals surface area (Å²) >= 11 is 1.62. The number of hydrogen-bond acceptors (Lipinski definition) is 8. The van der Waals surface area contributed by atoms with E-state index in [9.17, 15) is 9.59 Å². The third-order valence-corrected chi connectivity index (χ3v) is 6.99. The number of thioether (sulfide) groups is 1. The zero-order chi connectivity index (χ0) is 25.5. The van der Waals surface area contributed by atoms with Crippen molar-refractivity contribution >= 4 is 46.1 Å². The molecule has 4 rings (SSSR count). The Morgan fingerprint density at radius 3 is 2.86 bits per heavy atom. The number of benzene rings is 1. The lowest BCUT2D eigenvalue weighted by Crippen LogP contribution is -2.35. The van der Waals surface area contributed by atoms with Gasteiger partial charge in [0, 0.05) is 43.6 Å². The van der Waals surface area contributed by atoms with Crippen molar-refractivity contribution in [3.63, 3.8) is 0 Å². The van der Waals surface area contributed by atoms with Gasteiger partial charge in [-0.05, 0) is 25.0 Å². The maximum absolute atomic E-state index is 12.8. The normalized spacial score (nSPS) is 15.5. The second kappa shape index (κ2) is 12.1. The van der Waals surface area contributed by atoms with Gasteiger partial charge in [0.2, 0.25) is 11.8 Å². The molecule has 0 spiro atoms. The van der Waals surface area contributed by atoms with Crippen LogP contribution in [-0.2, 0) is 16.1 Å². The van der Waals surface area contributed by atoms with Gasteiger partial charge >= 0.3 is 0 Å². The van der Waals surface area contributed by atoms with Gasteiger partial charge < -0.3 is 20.3 Å². The number of nitrogens with zero attached hydrogens (tertiary/aromatic N) is 5. The van der Waals surface area contributed by atoms with Crippen molar-refractivity contribution in [2.75, 3.05) is 42.7 Å². The predicted molar refractivity (Wildman–Crippen MR) is 142 cm³/mol. The van der Waals surface area contributed by atoms with Gasteiger partial charge in [0.15, 0.2) is 10.8 Å². The molecule has 1 unspecified atom stereocenters. The van der Waals surface area contributed by atoms with Gasteiger partial charge in [-0.15, -0.1) is 0 Å². The summed E-state index contributed by atoms with van der Waals surface area (Å²) in [7, 11) is 1.59.